The Labute approximate surface area is 119 Å². The minimum Gasteiger partial charge on any atom is -0.480 e. The van der Waals surface area contributed by atoms with Gasteiger partial charge in [0.2, 0.25) is 0 Å². The highest BCUT2D eigenvalue weighted by Gasteiger charge is 2.20. The molecule has 116 valence electrons. The fourth-order valence-corrected chi connectivity index (χ4v) is 1.86. The molecule has 0 saturated heterocycles. The van der Waals surface area contributed by atoms with E-state index in [0.717, 1.165) is 0 Å². The molecule has 3 N–H and O–H groups in total. The first-order chi connectivity index (χ1) is 9.36. The van der Waals surface area contributed by atoms with Crippen molar-refractivity contribution in [3.05, 3.63) is 0 Å². The number of urea groups is 1. The Morgan fingerprint density at radius 2 is 2.00 bits per heavy atom. The van der Waals surface area contributed by atoms with Crippen molar-refractivity contribution in [2.24, 2.45) is 0 Å². The first-order valence-corrected chi connectivity index (χ1v) is 7.73. The van der Waals surface area contributed by atoms with Crippen molar-refractivity contribution in [2.75, 3.05) is 25.7 Å². The molecular formula is C11H20N2O6S. The van der Waals surface area contributed by atoms with Crippen molar-refractivity contribution in [3.63, 3.8) is 0 Å². The molecule has 0 aliphatic carbocycles. The minimum atomic E-state index is -1.22. The Morgan fingerprint density at radius 1 is 1.35 bits per heavy atom. The molecular weight excluding hydrogens is 288 g/mol. The second-order valence-electron chi connectivity index (χ2n) is 4.04. The quantitative estimate of drug-likeness (QED) is 0.388. The van der Waals surface area contributed by atoms with Gasteiger partial charge in [-0.25, -0.2) is 9.59 Å². The van der Waals surface area contributed by atoms with Gasteiger partial charge < -0.3 is 20.5 Å². The summed E-state index contributed by atoms with van der Waals surface area (Å²) in [7, 11) is 0.279. The Hall–Kier alpha value is -1.64. The SMILES string of the molecule is COC(=O)CC[C@@H](NC(=O)NCCCS(C)=O)C(=O)O. The summed E-state index contributed by atoms with van der Waals surface area (Å²) in [5, 5.41) is 13.6. The normalized spacial score (nSPS) is 13.1. The molecule has 2 atom stereocenters. The Morgan fingerprint density at radius 3 is 2.50 bits per heavy atom. The maximum Gasteiger partial charge on any atom is 0.326 e. The number of carboxylic acid groups (broad SMARTS) is 1. The van der Waals surface area contributed by atoms with E-state index in [9.17, 15) is 18.6 Å². The van der Waals surface area contributed by atoms with Crippen LogP contribution in [0.1, 0.15) is 19.3 Å². The standard InChI is InChI=1S/C11H20N2O6S/c1-19-9(14)5-4-8(10(15)16)13-11(17)12-6-3-7-20(2)18/h8H,3-7H2,1-2H3,(H,15,16)(H2,12,13,17)/t8-,20?/m1/s1. The van der Waals surface area contributed by atoms with E-state index in [1.165, 1.54) is 7.11 Å². The molecule has 0 aromatic rings. The van der Waals surface area contributed by atoms with Gasteiger partial charge in [0, 0.05) is 35.8 Å². The third-order valence-electron chi connectivity index (χ3n) is 2.36. The van der Waals surface area contributed by atoms with E-state index in [-0.39, 0.29) is 12.8 Å². The number of esters is 1. The van der Waals surface area contributed by atoms with Crippen molar-refractivity contribution in [1.29, 1.82) is 0 Å². The lowest BCUT2D eigenvalue weighted by Crippen LogP contribution is -2.46. The number of nitrogens with one attached hydrogen (secondary N) is 2. The summed E-state index contributed by atoms with van der Waals surface area (Å²) >= 11 is 0. The van der Waals surface area contributed by atoms with E-state index in [2.05, 4.69) is 15.4 Å². The zero-order valence-electron chi connectivity index (χ0n) is 11.5. The molecule has 0 aromatic heterocycles. The summed E-state index contributed by atoms with van der Waals surface area (Å²) in [5.74, 6) is -1.30. The van der Waals surface area contributed by atoms with Crippen molar-refractivity contribution in [3.8, 4) is 0 Å². The van der Waals surface area contributed by atoms with Crippen molar-refractivity contribution in [1.82, 2.24) is 10.6 Å². The predicted molar refractivity (Wildman–Crippen MR) is 72.8 cm³/mol. The fraction of sp³-hybridized carbons (Fsp3) is 0.727. The number of hydrogen-bond donors (Lipinski definition) is 3. The molecule has 0 rings (SSSR count). The number of rotatable bonds is 9. The maximum absolute atomic E-state index is 11.4. The molecule has 0 saturated carbocycles. The lowest BCUT2D eigenvalue weighted by molar-refractivity contribution is -0.142. The van der Waals surface area contributed by atoms with Crippen LogP contribution >= 0.6 is 0 Å². The van der Waals surface area contributed by atoms with Gasteiger partial charge in [-0.15, -0.1) is 0 Å². The zero-order valence-corrected chi connectivity index (χ0v) is 12.3. The van der Waals surface area contributed by atoms with E-state index >= 15 is 0 Å². The van der Waals surface area contributed by atoms with Crippen molar-refractivity contribution < 1.29 is 28.4 Å². The van der Waals surface area contributed by atoms with Crippen LogP contribution in [-0.2, 0) is 25.1 Å². The van der Waals surface area contributed by atoms with E-state index < -0.39 is 34.8 Å². The molecule has 2 amide bonds. The summed E-state index contributed by atoms with van der Waals surface area (Å²) < 4.78 is 15.2. The predicted octanol–water partition coefficient (Wildman–Crippen LogP) is -0.539. The lowest BCUT2D eigenvalue weighted by atomic mass is 10.1. The largest absolute Gasteiger partial charge is 0.480 e. The van der Waals surface area contributed by atoms with Gasteiger partial charge in [-0.2, -0.15) is 0 Å². The van der Waals surface area contributed by atoms with E-state index in [4.69, 9.17) is 5.11 Å². The molecule has 0 aliphatic heterocycles. The number of carboxylic acids is 1. The summed E-state index contributed by atoms with van der Waals surface area (Å²) in [6.07, 6.45) is 1.96. The average molecular weight is 308 g/mol. The van der Waals surface area contributed by atoms with Crippen LogP contribution in [0.2, 0.25) is 0 Å². The van der Waals surface area contributed by atoms with Crippen molar-refractivity contribution >= 4 is 28.8 Å². The number of methoxy groups -OCH3 is 1. The molecule has 9 heteroatoms. The number of ether oxygens (including phenoxy) is 1. The van der Waals surface area contributed by atoms with Crippen LogP contribution in [0.5, 0.6) is 0 Å². The highest BCUT2D eigenvalue weighted by molar-refractivity contribution is 7.84. The van der Waals surface area contributed by atoms with Gasteiger partial charge in [0.1, 0.15) is 6.04 Å². The van der Waals surface area contributed by atoms with Crippen LogP contribution in [0.3, 0.4) is 0 Å². The molecule has 0 aliphatic rings. The van der Waals surface area contributed by atoms with Crippen LogP contribution in [0.15, 0.2) is 0 Å². The van der Waals surface area contributed by atoms with Crippen molar-refractivity contribution in [2.45, 2.75) is 25.3 Å². The highest BCUT2D eigenvalue weighted by Crippen LogP contribution is 1.99. The third kappa shape index (κ3) is 9.31. The van der Waals surface area contributed by atoms with Crippen LogP contribution in [-0.4, -0.2) is 59.0 Å². The smallest absolute Gasteiger partial charge is 0.326 e. The van der Waals surface area contributed by atoms with Crippen LogP contribution < -0.4 is 10.6 Å². The van der Waals surface area contributed by atoms with Crippen LogP contribution in [0.4, 0.5) is 4.79 Å². The molecule has 1 unspecified atom stereocenters. The molecule has 0 spiro atoms. The Bertz CT molecular complexity index is 374. The Kier molecular flexibility index (Phi) is 9.35. The summed E-state index contributed by atoms with van der Waals surface area (Å²) in [4.78, 5) is 33.3. The average Bonchev–Trinajstić information content (AvgIpc) is 2.38. The summed E-state index contributed by atoms with van der Waals surface area (Å²) in [6.45, 7) is 0.300. The fourth-order valence-electron chi connectivity index (χ4n) is 1.31. The first kappa shape index (κ1) is 18.4. The number of carbonyl (C=O) groups excluding carboxylic acids is 2. The summed E-state index contributed by atoms with van der Waals surface area (Å²) in [5.41, 5.74) is 0. The van der Waals surface area contributed by atoms with Crippen LogP contribution in [0, 0.1) is 0 Å². The van der Waals surface area contributed by atoms with Gasteiger partial charge in [-0.05, 0) is 12.8 Å². The molecule has 0 fully saturated rings. The van der Waals surface area contributed by atoms with E-state index in [0.29, 0.717) is 18.7 Å². The van der Waals surface area contributed by atoms with Gasteiger partial charge >= 0.3 is 18.0 Å². The molecule has 0 radical (unpaired) electrons. The number of hydrogen-bond acceptors (Lipinski definition) is 5. The molecule has 0 aromatic carbocycles. The van der Waals surface area contributed by atoms with E-state index in [1.54, 1.807) is 6.26 Å². The second kappa shape index (κ2) is 10.2. The second-order valence-corrected chi connectivity index (χ2v) is 5.59. The molecule has 0 heterocycles. The van der Waals surface area contributed by atoms with Crippen LogP contribution in [0.25, 0.3) is 0 Å². The monoisotopic (exact) mass is 308 g/mol. The molecule has 0 bridgehead atoms. The van der Waals surface area contributed by atoms with Gasteiger partial charge in [0.15, 0.2) is 0 Å². The van der Waals surface area contributed by atoms with Gasteiger partial charge in [-0.1, -0.05) is 0 Å². The first-order valence-electron chi connectivity index (χ1n) is 6.00. The number of amides is 2. The van der Waals surface area contributed by atoms with Gasteiger partial charge in [0.05, 0.1) is 7.11 Å². The number of aliphatic carboxylic acids is 1. The number of carbonyl (C=O) groups is 3. The zero-order chi connectivity index (χ0) is 15.5. The van der Waals surface area contributed by atoms with Gasteiger partial charge in [-0.3, -0.25) is 9.00 Å². The third-order valence-corrected chi connectivity index (χ3v) is 3.23. The summed E-state index contributed by atoms with van der Waals surface area (Å²) in [6, 6.07) is -1.79. The highest BCUT2D eigenvalue weighted by atomic mass is 32.2. The Balaban J connectivity index is 4.04. The van der Waals surface area contributed by atoms with E-state index in [1.807, 2.05) is 0 Å². The molecule has 20 heavy (non-hydrogen) atoms. The molecule has 8 nitrogen and oxygen atoms in total. The lowest BCUT2D eigenvalue weighted by Gasteiger charge is -2.14. The topological polar surface area (TPSA) is 122 Å². The maximum atomic E-state index is 11.4. The van der Waals surface area contributed by atoms with Gasteiger partial charge in [0.25, 0.3) is 0 Å². The minimum absolute atomic E-state index is 0.0472.